The zero-order chi connectivity index (χ0) is 16.1. The van der Waals surface area contributed by atoms with Crippen LogP contribution in [-0.2, 0) is 6.54 Å². The number of halogens is 1. The molecule has 0 radical (unpaired) electrons. The van der Waals surface area contributed by atoms with Gasteiger partial charge in [0.05, 0.1) is 5.69 Å². The fourth-order valence-electron chi connectivity index (χ4n) is 2.35. The maximum absolute atomic E-state index is 12.2. The summed E-state index contributed by atoms with van der Waals surface area (Å²) in [6.45, 7) is 2.82. The Bertz CT molecular complexity index is 784. The Morgan fingerprint density at radius 2 is 1.54 bits per heavy atom. The molecule has 4 heteroatoms. The van der Waals surface area contributed by atoms with E-state index in [0.717, 1.165) is 17.8 Å². The molecule has 1 amide bonds. The number of aromatic nitrogens is 1. The Morgan fingerprint density at radius 1 is 0.917 bits per heavy atom. The number of amides is 1. The van der Waals surface area contributed by atoms with E-state index >= 15 is 0 Å². The van der Waals surface area contributed by atoms with Crippen molar-refractivity contribution < 1.29 is 26.3 Å². The van der Waals surface area contributed by atoms with E-state index in [1.807, 2.05) is 73.9 Å². The van der Waals surface area contributed by atoms with Crippen molar-refractivity contribution in [2.24, 2.45) is 0 Å². The second kappa shape index (κ2) is 8.41. The lowest BCUT2D eigenvalue weighted by molar-refractivity contribution is -0.688. The number of carbonyl (C=O) groups excluding carboxylic acids is 1. The van der Waals surface area contributed by atoms with Crippen molar-refractivity contribution in [1.29, 1.82) is 0 Å². The minimum atomic E-state index is -0.0918. The standard InChI is InChI=1S/C20H18N2O.BrH/c1-16-7-9-18(10-8-16)20(23)21-19-11-13-22(14-12-19)15-17-5-3-2-4-6-17;/h2-14H,15H2,1H3;1H. The van der Waals surface area contributed by atoms with Crippen molar-refractivity contribution in [1.82, 2.24) is 0 Å². The number of benzene rings is 2. The molecule has 3 nitrogen and oxygen atoms in total. The summed E-state index contributed by atoms with van der Waals surface area (Å²) in [7, 11) is 0. The van der Waals surface area contributed by atoms with E-state index in [-0.39, 0.29) is 22.9 Å². The summed E-state index contributed by atoms with van der Waals surface area (Å²) in [5, 5.41) is 2.92. The molecule has 24 heavy (non-hydrogen) atoms. The Kier molecular flexibility index (Phi) is 6.27. The maximum Gasteiger partial charge on any atom is 0.255 e. The topological polar surface area (TPSA) is 33.0 Å². The molecule has 1 heterocycles. The molecule has 3 aromatic rings. The SMILES string of the molecule is Cc1ccc(C(=O)Nc2cc[n+](Cc3ccccc3)cc2)cc1.[Br-]. The summed E-state index contributed by atoms with van der Waals surface area (Å²) in [5.74, 6) is -0.0918. The van der Waals surface area contributed by atoms with Crippen LogP contribution >= 0.6 is 0 Å². The second-order valence-corrected chi connectivity index (χ2v) is 5.56. The first-order chi connectivity index (χ1) is 11.2. The third kappa shape index (κ3) is 4.77. The number of hydrogen-bond acceptors (Lipinski definition) is 1. The summed E-state index contributed by atoms with van der Waals surface area (Å²) in [4.78, 5) is 12.2. The summed E-state index contributed by atoms with van der Waals surface area (Å²) in [6, 6.07) is 21.6. The van der Waals surface area contributed by atoms with Gasteiger partial charge in [-0.25, -0.2) is 4.57 Å². The quantitative estimate of drug-likeness (QED) is 0.658. The highest BCUT2D eigenvalue weighted by molar-refractivity contribution is 6.04. The van der Waals surface area contributed by atoms with Crippen molar-refractivity contribution in [2.75, 3.05) is 5.32 Å². The van der Waals surface area contributed by atoms with E-state index in [1.165, 1.54) is 5.56 Å². The Hall–Kier alpha value is -2.46. The zero-order valence-corrected chi connectivity index (χ0v) is 15.0. The normalized spacial score (nSPS) is 9.88. The van der Waals surface area contributed by atoms with Crippen LogP contribution in [0.3, 0.4) is 0 Å². The molecule has 3 rings (SSSR count). The highest BCUT2D eigenvalue weighted by atomic mass is 79.9. The van der Waals surface area contributed by atoms with Crippen molar-refractivity contribution in [3.8, 4) is 0 Å². The molecule has 0 unspecified atom stereocenters. The molecule has 1 aromatic heterocycles. The van der Waals surface area contributed by atoms with Gasteiger partial charge in [-0.1, -0.05) is 48.0 Å². The number of nitrogens with one attached hydrogen (secondary N) is 1. The number of carbonyl (C=O) groups is 1. The lowest BCUT2D eigenvalue weighted by Crippen LogP contribution is -3.00. The van der Waals surface area contributed by atoms with Gasteiger partial charge in [-0.3, -0.25) is 4.79 Å². The molecule has 0 saturated carbocycles. The molecule has 0 saturated heterocycles. The Morgan fingerprint density at radius 3 is 2.17 bits per heavy atom. The number of pyridine rings is 1. The van der Waals surface area contributed by atoms with Crippen LogP contribution < -0.4 is 26.9 Å². The van der Waals surface area contributed by atoms with Gasteiger partial charge in [0.15, 0.2) is 18.9 Å². The van der Waals surface area contributed by atoms with Crippen molar-refractivity contribution in [2.45, 2.75) is 13.5 Å². The highest BCUT2D eigenvalue weighted by Gasteiger charge is 2.07. The Balaban J connectivity index is 0.00000208. The van der Waals surface area contributed by atoms with Crippen LogP contribution in [0.1, 0.15) is 21.5 Å². The van der Waals surface area contributed by atoms with Gasteiger partial charge in [0.2, 0.25) is 0 Å². The fraction of sp³-hybridized carbons (Fsp3) is 0.100. The largest absolute Gasteiger partial charge is 1.00 e. The van der Waals surface area contributed by atoms with Crippen LogP contribution in [0.5, 0.6) is 0 Å². The molecule has 0 aliphatic carbocycles. The molecule has 0 atom stereocenters. The number of hydrogen-bond donors (Lipinski definition) is 1. The molecule has 0 aliphatic rings. The first kappa shape index (κ1) is 17.9. The maximum atomic E-state index is 12.2. The van der Waals surface area contributed by atoms with Crippen molar-refractivity contribution in [3.05, 3.63) is 95.8 Å². The molecular formula is C20H19BrN2O. The van der Waals surface area contributed by atoms with Crippen LogP contribution in [0.2, 0.25) is 0 Å². The van der Waals surface area contributed by atoms with Crippen LogP contribution in [0.4, 0.5) is 5.69 Å². The highest BCUT2D eigenvalue weighted by Crippen LogP contribution is 2.09. The Labute approximate surface area is 152 Å². The predicted octanol–water partition coefficient (Wildman–Crippen LogP) is 0.587. The number of aryl methyl sites for hydroxylation is 1. The van der Waals surface area contributed by atoms with Crippen molar-refractivity contribution in [3.63, 3.8) is 0 Å². The lowest BCUT2D eigenvalue weighted by Gasteiger charge is -2.05. The summed E-state index contributed by atoms with van der Waals surface area (Å²) in [6.07, 6.45) is 3.94. The average Bonchev–Trinajstić information content (AvgIpc) is 2.58. The summed E-state index contributed by atoms with van der Waals surface area (Å²) >= 11 is 0. The molecule has 2 aromatic carbocycles. The summed E-state index contributed by atoms with van der Waals surface area (Å²) < 4.78 is 2.08. The van der Waals surface area contributed by atoms with Gasteiger partial charge in [0.25, 0.3) is 5.91 Å². The van der Waals surface area contributed by atoms with Crippen LogP contribution in [0, 0.1) is 6.92 Å². The first-order valence-electron chi connectivity index (χ1n) is 7.62. The van der Waals surface area contributed by atoms with E-state index in [1.54, 1.807) is 0 Å². The first-order valence-corrected chi connectivity index (χ1v) is 7.62. The van der Waals surface area contributed by atoms with Gasteiger partial charge in [-0.15, -0.1) is 0 Å². The predicted molar refractivity (Wildman–Crippen MR) is 91.3 cm³/mol. The zero-order valence-electron chi connectivity index (χ0n) is 13.4. The lowest BCUT2D eigenvalue weighted by atomic mass is 10.1. The fourth-order valence-corrected chi connectivity index (χ4v) is 2.35. The van der Waals surface area contributed by atoms with Crippen molar-refractivity contribution >= 4 is 11.6 Å². The molecular weight excluding hydrogens is 364 g/mol. The third-order valence-electron chi connectivity index (χ3n) is 3.67. The summed E-state index contributed by atoms with van der Waals surface area (Å²) in [5.41, 5.74) is 3.84. The van der Waals surface area contributed by atoms with E-state index < -0.39 is 0 Å². The van der Waals surface area contributed by atoms with E-state index in [9.17, 15) is 4.79 Å². The molecule has 1 N–H and O–H groups in total. The smallest absolute Gasteiger partial charge is 0.255 e. The monoisotopic (exact) mass is 382 g/mol. The van der Waals surface area contributed by atoms with Gasteiger partial charge in [0, 0.05) is 23.3 Å². The molecule has 0 bridgehead atoms. The number of anilines is 1. The molecule has 0 fully saturated rings. The van der Waals surface area contributed by atoms with Gasteiger partial charge in [-0.2, -0.15) is 0 Å². The van der Waals surface area contributed by atoms with Gasteiger partial charge in [-0.05, 0) is 19.1 Å². The van der Waals surface area contributed by atoms with Gasteiger partial charge in [0.1, 0.15) is 0 Å². The molecule has 0 aliphatic heterocycles. The average molecular weight is 383 g/mol. The van der Waals surface area contributed by atoms with E-state index in [4.69, 9.17) is 0 Å². The second-order valence-electron chi connectivity index (χ2n) is 5.56. The minimum Gasteiger partial charge on any atom is -1.00 e. The van der Waals surface area contributed by atoms with Crippen LogP contribution in [-0.4, -0.2) is 5.91 Å². The minimum absolute atomic E-state index is 0. The molecule has 122 valence electrons. The third-order valence-corrected chi connectivity index (χ3v) is 3.67. The van der Waals surface area contributed by atoms with Gasteiger partial charge < -0.3 is 22.3 Å². The van der Waals surface area contributed by atoms with Gasteiger partial charge >= 0.3 is 0 Å². The number of rotatable bonds is 4. The van der Waals surface area contributed by atoms with E-state index in [2.05, 4.69) is 22.0 Å². The van der Waals surface area contributed by atoms with Crippen LogP contribution in [0.25, 0.3) is 0 Å². The van der Waals surface area contributed by atoms with E-state index in [0.29, 0.717) is 5.56 Å². The molecule has 0 spiro atoms. The van der Waals surface area contributed by atoms with Crippen LogP contribution in [0.15, 0.2) is 79.1 Å². The number of nitrogens with zero attached hydrogens (tertiary/aromatic N) is 1.